The zero-order valence-electron chi connectivity index (χ0n) is 10.3. The molecule has 0 saturated heterocycles. The number of hydrogen-bond acceptors (Lipinski definition) is 2. The summed E-state index contributed by atoms with van der Waals surface area (Å²) in [5, 5.41) is 3.58. The Balaban J connectivity index is 1.91. The highest BCUT2D eigenvalue weighted by molar-refractivity contribution is 5.19. The Bertz CT molecular complexity index is 350. The van der Waals surface area contributed by atoms with Gasteiger partial charge in [0.15, 0.2) is 0 Å². The molecule has 1 aromatic carbocycles. The fraction of sp³-hybridized carbons (Fsp3) is 0.571. The number of halogens is 1. The van der Waals surface area contributed by atoms with Crippen LogP contribution in [0.15, 0.2) is 24.3 Å². The number of nitrogens with one attached hydrogen (secondary N) is 1. The van der Waals surface area contributed by atoms with E-state index in [0.29, 0.717) is 12.1 Å². The number of benzene rings is 1. The summed E-state index contributed by atoms with van der Waals surface area (Å²) < 4.78 is 12.8. The lowest BCUT2D eigenvalue weighted by Gasteiger charge is -2.30. The molecule has 2 unspecified atom stereocenters. The van der Waals surface area contributed by atoms with Crippen molar-refractivity contribution in [3.8, 4) is 0 Å². The maximum atomic E-state index is 12.8. The smallest absolute Gasteiger partial charge is 0.123 e. The Labute approximate surface area is 102 Å². The molecular weight excluding hydrogens is 215 g/mol. The zero-order chi connectivity index (χ0) is 12.3. The van der Waals surface area contributed by atoms with Crippen molar-refractivity contribution in [2.75, 3.05) is 0 Å². The van der Waals surface area contributed by atoms with Gasteiger partial charge in [-0.15, -0.1) is 0 Å². The second kappa shape index (κ2) is 5.61. The molecule has 0 radical (unpaired) electrons. The highest BCUT2D eigenvalue weighted by atomic mass is 19.1. The molecule has 0 spiro atoms. The first-order valence-electron chi connectivity index (χ1n) is 6.42. The normalized spacial score (nSPS) is 26.8. The molecule has 17 heavy (non-hydrogen) atoms. The van der Waals surface area contributed by atoms with Gasteiger partial charge in [-0.05, 0) is 43.9 Å². The van der Waals surface area contributed by atoms with Crippen molar-refractivity contribution in [3.05, 3.63) is 35.6 Å². The number of nitrogens with two attached hydrogens (primary N) is 1. The minimum Gasteiger partial charge on any atom is -0.328 e. The predicted octanol–water partition coefficient (Wildman–Crippen LogP) is 2.75. The molecule has 0 aromatic heterocycles. The Morgan fingerprint density at radius 2 is 2.00 bits per heavy atom. The van der Waals surface area contributed by atoms with Crippen molar-refractivity contribution in [1.82, 2.24) is 5.32 Å². The molecular formula is C14H21FN2. The van der Waals surface area contributed by atoms with Crippen molar-refractivity contribution in [2.45, 2.75) is 50.7 Å². The van der Waals surface area contributed by atoms with E-state index >= 15 is 0 Å². The molecule has 0 bridgehead atoms. The molecule has 0 aliphatic heterocycles. The van der Waals surface area contributed by atoms with Crippen LogP contribution in [0, 0.1) is 5.82 Å². The maximum Gasteiger partial charge on any atom is 0.123 e. The van der Waals surface area contributed by atoms with Crippen molar-refractivity contribution in [3.63, 3.8) is 0 Å². The molecule has 1 aliphatic rings. The second-order valence-electron chi connectivity index (χ2n) is 5.06. The molecule has 3 atom stereocenters. The van der Waals surface area contributed by atoms with Gasteiger partial charge in [0.25, 0.3) is 0 Å². The Morgan fingerprint density at radius 3 is 2.65 bits per heavy atom. The topological polar surface area (TPSA) is 38.0 Å². The van der Waals surface area contributed by atoms with Crippen molar-refractivity contribution in [2.24, 2.45) is 5.73 Å². The van der Waals surface area contributed by atoms with Gasteiger partial charge in [-0.1, -0.05) is 18.6 Å². The molecule has 1 fully saturated rings. The van der Waals surface area contributed by atoms with Gasteiger partial charge >= 0.3 is 0 Å². The molecule has 2 nitrogen and oxygen atoms in total. The summed E-state index contributed by atoms with van der Waals surface area (Å²) in [4.78, 5) is 0. The first-order valence-corrected chi connectivity index (χ1v) is 6.42. The lowest BCUT2D eigenvalue weighted by atomic mass is 9.91. The number of hydrogen-bond donors (Lipinski definition) is 2. The van der Waals surface area contributed by atoms with Crippen LogP contribution in [0.5, 0.6) is 0 Å². The van der Waals surface area contributed by atoms with Gasteiger partial charge in [-0.2, -0.15) is 0 Å². The average Bonchev–Trinajstić information content (AvgIpc) is 2.29. The predicted molar refractivity (Wildman–Crippen MR) is 68.2 cm³/mol. The van der Waals surface area contributed by atoms with Crippen molar-refractivity contribution in [1.29, 1.82) is 0 Å². The van der Waals surface area contributed by atoms with Crippen LogP contribution in [0.1, 0.15) is 44.2 Å². The molecule has 1 saturated carbocycles. The lowest BCUT2D eigenvalue weighted by Crippen LogP contribution is -2.40. The Kier molecular flexibility index (Phi) is 4.13. The fourth-order valence-corrected chi connectivity index (χ4v) is 2.58. The van der Waals surface area contributed by atoms with Crippen molar-refractivity contribution >= 4 is 0 Å². The average molecular weight is 236 g/mol. The van der Waals surface area contributed by atoms with Gasteiger partial charge in [-0.3, -0.25) is 0 Å². The van der Waals surface area contributed by atoms with E-state index in [9.17, 15) is 4.39 Å². The molecule has 1 aliphatic carbocycles. The van der Waals surface area contributed by atoms with E-state index in [1.54, 1.807) is 0 Å². The van der Waals surface area contributed by atoms with E-state index in [4.69, 9.17) is 5.73 Å². The molecule has 2 rings (SSSR count). The van der Waals surface area contributed by atoms with Crippen LogP contribution in [0.3, 0.4) is 0 Å². The summed E-state index contributed by atoms with van der Waals surface area (Å²) in [6.07, 6.45) is 4.59. The van der Waals surface area contributed by atoms with Crippen LogP contribution >= 0.6 is 0 Å². The van der Waals surface area contributed by atoms with Gasteiger partial charge in [0.2, 0.25) is 0 Å². The van der Waals surface area contributed by atoms with Crippen LogP contribution in [0.25, 0.3) is 0 Å². The lowest BCUT2D eigenvalue weighted by molar-refractivity contribution is 0.319. The Morgan fingerprint density at radius 1 is 1.29 bits per heavy atom. The molecule has 0 heterocycles. The van der Waals surface area contributed by atoms with Gasteiger partial charge in [-0.25, -0.2) is 4.39 Å². The van der Waals surface area contributed by atoms with E-state index in [1.165, 1.54) is 25.0 Å². The van der Waals surface area contributed by atoms with Gasteiger partial charge in [0, 0.05) is 18.1 Å². The summed E-state index contributed by atoms with van der Waals surface area (Å²) in [7, 11) is 0. The van der Waals surface area contributed by atoms with E-state index in [2.05, 4.69) is 12.2 Å². The summed E-state index contributed by atoms with van der Waals surface area (Å²) in [5.41, 5.74) is 7.10. The summed E-state index contributed by atoms with van der Waals surface area (Å²) in [6.45, 7) is 2.12. The summed E-state index contributed by atoms with van der Waals surface area (Å²) in [6, 6.07) is 7.80. The Hall–Kier alpha value is -0.930. The quantitative estimate of drug-likeness (QED) is 0.847. The van der Waals surface area contributed by atoms with E-state index in [-0.39, 0.29) is 11.9 Å². The highest BCUT2D eigenvalue weighted by Crippen LogP contribution is 2.21. The summed E-state index contributed by atoms with van der Waals surface area (Å²) in [5.74, 6) is -0.180. The third-order valence-electron chi connectivity index (χ3n) is 3.57. The first kappa shape index (κ1) is 12.5. The zero-order valence-corrected chi connectivity index (χ0v) is 10.3. The van der Waals surface area contributed by atoms with E-state index in [0.717, 1.165) is 18.4 Å². The molecule has 3 N–H and O–H groups in total. The van der Waals surface area contributed by atoms with Gasteiger partial charge in [0.1, 0.15) is 5.82 Å². The molecule has 0 amide bonds. The molecule has 94 valence electrons. The minimum absolute atomic E-state index is 0.180. The largest absolute Gasteiger partial charge is 0.328 e. The van der Waals surface area contributed by atoms with Crippen LogP contribution in [-0.4, -0.2) is 12.1 Å². The van der Waals surface area contributed by atoms with E-state index in [1.807, 2.05) is 12.1 Å². The monoisotopic (exact) mass is 236 g/mol. The SMILES string of the molecule is C[C@H](NC1CCCC(N)C1)c1ccc(F)cc1. The minimum atomic E-state index is -0.180. The highest BCUT2D eigenvalue weighted by Gasteiger charge is 2.20. The second-order valence-corrected chi connectivity index (χ2v) is 5.06. The summed E-state index contributed by atoms with van der Waals surface area (Å²) >= 11 is 0. The molecule has 1 aromatic rings. The van der Waals surface area contributed by atoms with Gasteiger partial charge < -0.3 is 11.1 Å². The van der Waals surface area contributed by atoms with Crippen molar-refractivity contribution < 1.29 is 4.39 Å². The first-order chi connectivity index (χ1) is 8.15. The van der Waals surface area contributed by atoms with Crippen LogP contribution < -0.4 is 11.1 Å². The van der Waals surface area contributed by atoms with Crippen LogP contribution in [0.2, 0.25) is 0 Å². The van der Waals surface area contributed by atoms with Gasteiger partial charge in [0.05, 0.1) is 0 Å². The maximum absolute atomic E-state index is 12.8. The standard InChI is InChI=1S/C14H21FN2/c1-10(11-5-7-12(15)8-6-11)17-14-4-2-3-13(16)9-14/h5-8,10,13-14,17H,2-4,9,16H2,1H3/t10-,13?,14?/m0/s1. The number of rotatable bonds is 3. The third-order valence-corrected chi connectivity index (χ3v) is 3.57. The van der Waals surface area contributed by atoms with Crippen LogP contribution in [-0.2, 0) is 0 Å². The van der Waals surface area contributed by atoms with Crippen LogP contribution in [0.4, 0.5) is 4.39 Å². The van der Waals surface area contributed by atoms with E-state index < -0.39 is 0 Å². The molecule has 3 heteroatoms. The fourth-order valence-electron chi connectivity index (χ4n) is 2.58. The third kappa shape index (κ3) is 3.51.